The molecule has 0 aliphatic carbocycles. The molecule has 0 radical (unpaired) electrons. The van der Waals surface area contributed by atoms with E-state index in [-0.39, 0.29) is 0 Å². The Kier molecular flexibility index (Phi) is 4.40. The minimum atomic E-state index is 0.383. The van der Waals surface area contributed by atoms with Gasteiger partial charge >= 0.3 is 0 Å². The lowest BCUT2D eigenvalue weighted by Crippen LogP contribution is -2.40. The molecular formula is C14H22N2O. The van der Waals surface area contributed by atoms with Crippen molar-refractivity contribution in [2.45, 2.75) is 31.8 Å². The van der Waals surface area contributed by atoms with Crippen molar-refractivity contribution in [1.82, 2.24) is 10.6 Å². The Hall–Kier alpha value is -1.06. The van der Waals surface area contributed by atoms with E-state index in [1.165, 1.54) is 18.4 Å². The van der Waals surface area contributed by atoms with Gasteiger partial charge in [-0.15, -0.1) is 0 Å². The van der Waals surface area contributed by atoms with Crippen LogP contribution < -0.4 is 15.4 Å². The van der Waals surface area contributed by atoms with E-state index in [1.807, 2.05) is 6.07 Å². The molecule has 2 N–H and O–H groups in total. The molecule has 94 valence electrons. The maximum Gasteiger partial charge on any atom is 0.119 e. The van der Waals surface area contributed by atoms with Gasteiger partial charge in [-0.2, -0.15) is 0 Å². The smallest absolute Gasteiger partial charge is 0.119 e. The zero-order chi connectivity index (χ0) is 12.1. The van der Waals surface area contributed by atoms with Crippen LogP contribution in [0.2, 0.25) is 0 Å². The van der Waals surface area contributed by atoms with E-state index >= 15 is 0 Å². The van der Waals surface area contributed by atoms with Crippen LogP contribution in [0.4, 0.5) is 0 Å². The number of rotatable bonds is 4. The predicted octanol–water partition coefficient (Wildman–Crippen LogP) is 2.10. The summed E-state index contributed by atoms with van der Waals surface area (Å²) in [6, 6.07) is 9.32. The SMILES string of the molecule is COc1cccc([C@H](C)NC2CCNCC2)c1. The van der Waals surface area contributed by atoms with Crippen LogP contribution in [0.1, 0.15) is 31.4 Å². The highest BCUT2D eigenvalue weighted by molar-refractivity contribution is 5.30. The Morgan fingerprint density at radius 3 is 2.82 bits per heavy atom. The summed E-state index contributed by atoms with van der Waals surface area (Å²) in [5.74, 6) is 0.932. The Morgan fingerprint density at radius 1 is 1.35 bits per heavy atom. The Labute approximate surface area is 104 Å². The van der Waals surface area contributed by atoms with Gasteiger partial charge in [0.2, 0.25) is 0 Å². The lowest BCUT2D eigenvalue weighted by atomic mass is 10.0. The molecule has 3 nitrogen and oxygen atoms in total. The highest BCUT2D eigenvalue weighted by Gasteiger charge is 2.16. The van der Waals surface area contributed by atoms with Crippen LogP contribution in [0, 0.1) is 0 Å². The van der Waals surface area contributed by atoms with Gasteiger partial charge < -0.3 is 15.4 Å². The van der Waals surface area contributed by atoms with Crippen molar-refractivity contribution >= 4 is 0 Å². The average Bonchev–Trinajstić information content (AvgIpc) is 2.40. The Bertz CT molecular complexity index is 348. The molecule has 1 aromatic rings. The largest absolute Gasteiger partial charge is 0.497 e. The summed E-state index contributed by atoms with van der Waals surface area (Å²) in [6.45, 7) is 4.47. The first-order valence-electron chi connectivity index (χ1n) is 6.40. The quantitative estimate of drug-likeness (QED) is 0.837. The van der Waals surface area contributed by atoms with Gasteiger partial charge in [-0.3, -0.25) is 0 Å². The molecule has 1 aliphatic rings. The maximum atomic E-state index is 5.26. The molecule has 17 heavy (non-hydrogen) atoms. The molecular weight excluding hydrogens is 212 g/mol. The lowest BCUT2D eigenvalue weighted by Gasteiger charge is -2.27. The maximum absolute atomic E-state index is 5.26. The van der Waals surface area contributed by atoms with Gasteiger partial charge in [-0.25, -0.2) is 0 Å². The third-order valence-corrected chi connectivity index (χ3v) is 3.42. The first-order chi connectivity index (χ1) is 8.29. The summed E-state index contributed by atoms with van der Waals surface area (Å²) >= 11 is 0. The Balaban J connectivity index is 1.95. The van der Waals surface area contributed by atoms with E-state index in [0.717, 1.165) is 18.8 Å². The topological polar surface area (TPSA) is 33.3 Å². The van der Waals surface area contributed by atoms with Crippen molar-refractivity contribution in [3.63, 3.8) is 0 Å². The zero-order valence-corrected chi connectivity index (χ0v) is 10.7. The third-order valence-electron chi connectivity index (χ3n) is 3.42. The average molecular weight is 234 g/mol. The molecule has 3 heteroatoms. The second-order valence-electron chi connectivity index (χ2n) is 4.69. The van der Waals surface area contributed by atoms with Crippen LogP contribution in [-0.4, -0.2) is 26.2 Å². The number of piperidine rings is 1. The summed E-state index contributed by atoms with van der Waals surface area (Å²) < 4.78 is 5.26. The van der Waals surface area contributed by atoms with Crippen LogP contribution in [-0.2, 0) is 0 Å². The fourth-order valence-electron chi connectivity index (χ4n) is 2.35. The molecule has 0 amide bonds. The van der Waals surface area contributed by atoms with E-state index in [1.54, 1.807) is 7.11 Å². The summed E-state index contributed by atoms with van der Waals surface area (Å²) in [5, 5.41) is 7.08. The molecule has 0 bridgehead atoms. The van der Waals surface area contributed by atoms with Gasteiger partial charge in [0, 0.05) is 12.1 Å². The van der Waals surface area contributed by atoms with Gasteiger partial charge in [-0.05, 0) is 50.6 Å². The second-order valence-corrected chi connectivity index (χ2v) is 4.69. The van der Waals surface area contributed by atoms with Crippen LogP contribution in [0.15, 0.2) is 24.3 Å². The number of hydrogen-bond donors (Lipinski definition) is 2. The number of ether oxygens (including phenoxy) is 1. The van der Waals surface area contributed by atoms with Gasteiger partial charge in [0.25, 0.3) is 0 Å². The summed E-state index contributed by atoms with van der Waals surface area (Å²) in [5.41, 5.74) is 1.29. The van der Waals surface area contributed by atoms with Gasteiger partial charge in [0.15, 0.2) is 0 Å². The minimum Gasteiger partial charge on any atom is -0.497 e. The molecule has 1 saturated heterocycles. The number of hydrogen-bond acceptors (Lipinski definition) is 3. The van der Waals surface area contributed by atoms with Crippen molar-refractivity contribution in [3.8, 4) is 5.75 Å². The van der Waals surface area contributed by atoms with Crippen molar-refractivity contribution in [3.05, 3.63) is 29.8 Å². The molecule has 1 fully saturated rings. The summed E-state index contributed by atoms with van der Waals surface area (Å²) in [6.07, 6.45) is 2.43. The van der Waals surface area contributed by atoms with Crippen LogP contribution in [0.25, 0.3) is 0 Å². The van der Waals surface area contributed by atoms with E-state index in [0.29, 0.717) is 12.1 Å². The highest BCUT2D eigenvalue weighted by Crippen LogP contribution is 2.20. The molecule has 1 atom stereocenters. The van der Waals surface area contributed by atoms with E-state index in [4.69, 9.17) is 4.74 Å². The monoisotopic (exact) mass is 234 g/mol. The van der Waals surface area contributed by atoms with Crippen molar-refractivity contribution in [2.24, 2.45) is 0 Å². The molecule has 0 spiro atoms. The van der Waals surface area contributed by atoms with E-state index in [2.05, 4.69) is 35.8 Å². The number of benzene rings is 1. The second kappa shape index (κ2) is 6.03. The van der Waals surface area contributed by atoms with Crippen LogP contribution in [0.3, 0.4) is 0 Å². The fourth-order valence-corrected chi connectivity index (χ4v) is 2.35. The molecule has 2 rings (SSSR count). The van der Waals surface area contributed by atoms with Gasteiger partial charge in [0.05, 0.1) is 7.11 Å². The number of methoxy groups -OCH3 is 1. The third kappa shape index (κ3) is 3.45. The normalized spacial score (nSPS) is 18.9. The molecule has 1 aliphatic heterocycles. The fraction of sp³-hybridized carbons (Fsp3) is 0.571. The van der Waals surface area contributed by atoms with Crippen LogP contribution >= 0.6 is 0 Å². The van der Waals surface area contributed by atoms with E-state index in [9.17, 15) is 0 Å². The van der Waals surface area contributed by atoms with Gasteiger partial charge in [0.1, 0.15) is 5.75 Å². The molecule has 0 saturated carbocycles. The predicted molar refractivity (Wildman–Crippen MR) is 70.4 cm³/mol. The van der Waals surface area contributed by atoms with Crippen molar-refractivity contribution < 1.29 is 4.74 Å². The highest BCUT2D eigenvalue weighted by atomic mass is 16.5. The first kappa shape index (κ1) is 12.4. The zero-order valence-electron chi connectivity index (χ0n) is 10.7. The first-order valence-corrected chi connectivity index (χ1v) is 6.40. The molecule has 0 unspecified atom stereocenters. The molecule has 1 heterocycles. The van der Waals surface area contributed by atoms with Gasteiger partial charge in [-0.1, -0.05) is 12.1 Å². The van der Waals surface area contributed by atoms with E-state index < -0.39 is 0 Å². The minimum absolute atomic E-state index is 0.383. The number of nitrogens with one attached hydrogen (secondary N) is 2. The molecule has 0 aromatic heterocycles. The van der Waals surface area contributed by atoms with Crippen molar-refractivity contribution in [1.29, 1.82) is 0 Å². The summed E-state index contributed by atoms with van der Waals surface area (Å²) in [7, 11) is 1.71. The standard InChI is InChI=1S/C14H22N2O/c1-11(16-13-6-8-15-9-7-13)12-4-3-5-14(10-12)17-2/h3-5,10-11,13,15-16H,6-9H2,1-2H3/t11-/m0/s1. The molecule has 1 aromatic carbocycles. The lowest BCUT2D eigenvalue weighted by molar-refractivity contribution is 0.358. The Morgan fingerprint density at radius 2 is 2.12 bits per heavy atom. The summed E-state index contributed by atoms with van der Waals surface area (Å²) in [4.78, 5) is 0. The van der Waals surface area contributed by atoms with Crippen LogP contribution in [0.5, 0.6) is 5.75 Å². The van der Waals surface area contributed by atoms with Crippen molar-refractivity contribution in [2.75, 3.05) is 20.2 Å².